The smallest absolute Gasteiger partial charge is 0.282 e. The zero-order chi connectivity index (χ0) is 14.4. The molecule has 0 aliphatic rings. The van der Waals surface area contributed by atoms with Crippen molar-refractivity contribution >= 4 is 32.6 Å². The average molecular weight is 312 g/mol. The van der Waals surface area contributed by atoms with Gasteiger partial charge in [0, 0.05) is 5.39 Å². The van der Waals surface area contributed by atoms with E-state index in [0.717, 1.165) is 18.2 Å². The Morgan fingerprint density at radius 3 is 2.42 bits per heavy atom. The fourth-order valence-corrected chi connectivity index (χ4v) is 2.53. The van der Waals surface area contributed by atoms with E-state index in [2.05, 4.69) is 4.98 Å². The summed E-state index contributed by atoms with van der Waals surface area (Å²) in [6.45, 7) is 0. The maximum Gasteiger partial charge on any atom is 0.418 e. The van der Waals surface area contributed by atoms with Crippen LogP contribution in [-0.4, -0.2) is 18.0 Å². The summed E-state index contributed by atoms with van der Waals surface area (Å²) in [5.74, 6) is 0. The maximum absolute atomic E-state index is 12.7. The second kappa shape index (κ2) is 4.32. The molecule has 0 unspecified atom stereocenters. The highest BCUT2D eigenvalue weighted by Gasteiger charge is 2.33. The monoisotopic (exact) mass is 311 g/mol. The van der Waals surface area contributed by atoms with Crippen molar-refractivity contribution in [1.82, 2.24) is 4.98 Å². The van der Waals surface area contributed by atoms with Gasteiger partial charge in [0.25, 0.3) is 10.1 Å². The van der Waals surface area contributed by atoms with Crippen molar-refractivity contribution in [3.05, 3.63) is 35.0 Å². The first-order chi connectivity index (χ1) is 8.60. The van der Waals surface area contributed by atoms with Gasteiger partial charge in [0.05, 0.1) is 11.1 Å². The Balaban J connectivity index is 2.86. The third kappa shape index (κ3) is 2.65. The van der Waals surface area contributed by atoms with Crippen LogP contribution in [0.15, 0.2) is 29.2 Å². The number of hydrogen-bond donors (Lipinski definition) is 1. The molecule has 0 spiro atoms. The van der Waals surface area contributed by atoms with E-state index >= 15 is 0 Å². The van der Waals surface area contributed by atoms with E-state index in [0.29, 0.717) is 0 Å². The van der Waals surface area contributed by atoms with Crippen molar-refractivity contribution in [2.45, 2.75) is 11.1 Å². The minimum Gasteiger partial charge on any atom is -0.282 e. The molecule has 1 aromatic carbocycles. The lowest BCUT2D eigenvalue weighted by Gasteiger charge is -2.10. The number of alkyl halides is 3. The van der Waals surface area contributed by atoms with Crippen LogP contribution in [0, 0.1) is 0 Å². The number of rotatable bonds is 1. The van der Waals surface area contributed by atoms with E-state index in [1.165, 1.54) is 6.07 Å². The summed E-state index contributed by atoms with van der Waals surface area (Å²) >= 11 is 5.49. The van der Waals surface area contributed by atoms with Crippen LogP contribution < -0.4 is 0 Å². The summed E-state index contributed by atoms with van der Waals surface area (Å²) in [6, 6.07) is 3.99. The van der Waals surface area contributed by atoms with E-state index in [9.17, 15) is 21.6 Å². The van der Waals surface area contributed by atoms with E-state index in [1.807, 2.05) is 0 Å². The van der Waals surface area contributed by atoms with Crippen LogP contribution in [0.5, 0.6) is 0 Å². The van der Waals surface area contributed by atoms with Gasteiger partial charge in [-0.15, -0.1) is 0 Å². The third-order valence-corrected chi connectivity index (χ3v) is 3.62. The van der Waals surface area contributed by atoms with Crippen molar-refractivity contribution in [2.24, 2.45) is 0 Å². The summed E-state index contributed by atoms with van der Waals surface area (Å²) in [4.78, 5) is 2.68. The van der Waals surface area contributed by atoms with Gasteiger partial charge in [0.2, 0.25) is 0 Å². The standard InChI is InChI=1S/C10H5ClF3NO3S/c11-9-7(19(16,17)18)4-5-2-1-3-6(8(5)15-9)10(12,13)14/h1-4H,(H,16,17,18). The molecule has 0 atom stereocenters. The number of hydrogen-bond acceptors (Lipinski definition) is 3. The zero-order valence-electron chi connectivity index (χ0n) is 8.94. The van der Waals surface area contributed by atoms with Gasteiger partial charge >= 0.3 is 6.18 Å². The summed E-state index contributed by atoms with van der Waals surface area (Å²) in [5, 5.41) is -0.807. The Hall–Kier alpha value is -1.38. The van der Waals surface area contributed by atoms with Crippen LogP contribution >= 0.6 is 11.6 Å². The highest BCUT2D eigenvalue weighted by atomic mass is 35.5. The van der Waals surface area contributed by atoms with Gasteiger partial charge in [0.1, 0.15) is 4.90 Å². The quantitative estimate of drug-likeness (QED) is 0.649. The Bertz CT molecular complexity index is 758. The predicted octanol–water partition coefficient (Wildman–Crippen LogP) is 3.15. The molecular weight excluding hydrogens is 307 g/mol. The van der Waals surface area contributed by atoms with Gasteiger partial charge < -0.3 is 0 Å². The molecule has 1 N–H and O–H groups in total. The van der Waals surface area contributed by atoms with Gasteiger partial charge in [-0.3, -0.25) is 4.55 Å². The highest BCUT2D eigenvalue weighted by Crippen LogP contribution is 2.35. The van der Waals surface area contributed by atoms with Gasteiger partial charge in [-0.25, -0.2) is 4.98 Å². The van der Waals surface area contributed by atoms with Crippen LogP contribution in [0.2, 0.25) is 5.15 Å². The number of halogens is 4. The molecule has 2 aromatic rings. The molecule has 0 amide bonds. The van der Waals surface area contributed by atoms with Gasteiger partial charge in [-0.1, -0.05) is 23.7 Å². The Morgan fingerprint density at radius 1 is 1.26 bits per heavy atom. The topological polar surface area (TPSA) is 67.3 Å². The van der Waals surface area contributed by atoms with Crippen molar-refractivity contribution in [3.8, 4) is 0 Å². The molecule has 0 aliphatic carbocycles. The highest BCUT2D eigenvalue weighted by molar-refractivity contribution is 7.86. The molecule has 4 nitrogen and oxygen atoms in total. The zero-order valence-corrected chi connectivity index (χ0v) is 10.5. The number of aromatic nitrogens is 1. The van der Waals surface area contributed by atoms with Crippen molar-refractivity contribution in [2.75, 3.05) is 0 Å². The minimum absolute atomic E-state index is 0.0909. The molecule has 0 radical (unpaired) electrons. The fourth-order valence-electron chi connectivity index (χ4n) is 1.57. The molecule has 1 aromatic heterocycles. The predicted molar refractivity (Wildman–Crippen MR) is 61.6 cm³/mol. The second-order valence-electron chi connectivity index (χ2n) is 3.63. The molecule has 0 aliphatic heterocycles. The third-order valence-electron chi connectivity index (χ3n) is 2.35. The van der Waals surface area contributed by atoms with E-state index < -0.39 is 37.4 Å². The molecule has 1 heterocycles. The van der Waals surface area contributed by atoms with Crippen LogP contribution in [0.4, 0.5) is 13.2 Å². The number of para-hydroxylation sites is 1. The lowest BCUT2D eigenvalue weighted by atomic mass is 10.1. The first-order valence-electron chi connectivity index (χ1n) is 4.74. The summed E-state index contributed by atoms with van der Waals surface area (Å²) in [6.07, 6.45) is -4.64. The normalized spacial score (nSPS) is 12.9. The first kappa shape index (κ1) is 14.0. The minimum atomic E-state index is -4.65. The molecule has 0 saturated carbocycles. The Morgan fingerprint density at radius 2 is 1.89 bits per heavy atom. The van der Waals surface area contributed by atoms with Crippen LogP contribution in [0.3, 0.4) is 0 Å². The van der Waals surface area contributed by atoms with Crippen LogP contribution in [0.1, 0.15) is 5.56 Å². The van der Waals surface area contributed by atoms with E-state index in [-0.39, 0.29) is 5.39 Å². The Labute approximate surface area is 110 Å². The Kier molecular flexibility index (Phi) is 3.20. The first-order valence-corrected chi connectivity index (χ1v) is 6.56. The molecule has 0 saturated heterocycles. The number of benzene rings is 1. The van der Waals surface area contributed by atoms with Crippen LogP contribution in [-0.2, 0) is 16.3 Å². The number of nitrogens with zero attached hydrogens (tertiary/aromatic N) is 1. The SMILES string of the molecule is O=S(=O)(O)c1cc2cccc(C(F)(F)F)c2nc1Cl. The largest absolute Gasteiger partial charge is 0.418 e. The molecule has 0 bridgehead atoms. The van der Waals surface area contributed by atoms with Gasteiger partial charge in [-0.05, 0) is 12.1 Å². The number of fused-ring (bicyclic) bond motifs is 1. The second-order valence-corrected chi connectivity index (χ2v) is 5.38. The number of pyridine rings is 1. The van der Waals surface area contributed by atoms with Crippen molar-refractivity contribution < 1.29 is 26.1 Å². The van der Waals surface area contributed by atoms with E-state index in [1.54, 1.807) is 0 Å². The molecule has 2 rings (SSSR count). The molecule has 102 valence electrons. The van der Waals surface area contributed by atoms with Crippen molar-refractivity contribution in [3.63, 3.8) is 0 Å². The summed E-state index contributed by atoms with van der Waals surface area (Å²) in [7, 11) is -4.65. The average Bonchev–Trinajstić information content (AvgIpc) is 2.24. The molecular formula is C10H5ClF3NO3S. The maximum atomic E-state index is 12.7. The van der Waals surface area contributed by atoms with E-state index in [4.69, 9.17) is 16.2 Å². The lowest BCUT2D eigenvalue weighted by molar-refractivity contribution is -0.136. The summed E-state index contributed by atoms with van der Waals surface area (Å²) in [5.41, 5.74) is -1.51. The van der Waals surface area contributed by atoms with Gasteiger partial charge in [-0.2, -0.15) is 21.6 Å². The van der Waals surface area contributed by atoms with Crippen LogP contribution in [0.25, 0.3) is 10.9 Å². The molecule has 19 heavy (non-hydrogen) atoms. The molecule has 9 heteroatoms. The fraction of sp³-hybridized carbons (Fsp3) is 0.100. The molecule has 0 fully saturated rings. The lowest BCUT2D eigenvalue weighted by Crippen LogP contribution is -2.08. The summed E-state index contributed by atoms with van der Waals surface area (Å²) < 4.78 is 69.1. The van der Waals surface area contributed by atoms with Gasteiger partial charge in [0.15, 0.2) is 5.15 Å². The van der Waals surface area contributed by atoms with Crippen molar-refractivity contribution in [1.29, 1.82) is 0 Å².